The molecule has 12 heteroatoms. The van der Waals surface area contributed by atoms with E-state index in [2.05, 4.69) is 4.98 Å². The van der Waals surface area contributed by atoms with E-state index in [1.807, 2.05) is 0 Å². The van der Waals surface area contributed by atoms with Gasteiger partial charge in [-0.2, -0.15) is 13.2 Å². The van der Waals surface area contributed by atoms with E-state index in [-0.39, 0.29) is 15.8 Å². The van der Waals surface area contributed by atoms with Crippen LogP contribution in [0.5, 0.6) is 0 Å². The summed E-state index contributed by atoms with van der Waals surface area (Å²) in [7, 11) is -3.82. The van der Waals surface area contributed by atoms with E-state index in [0.717, 1.165) is 24.0 Å². The lowest BCUT2D eigenvalue weighted by atomic mass is 10.2. The number of hydrogen-bond donors (Lipinski definition) is 1. The largest absolute Gasteiger partial charge is 0.433 e. The fourth-order valence-corrected chi connectivity index (χ4v) is 4.18. The minimum Gasteiger partial charge on any atom is -0.288 e. The van der Waals surface area contributed by atoms with Crippen molar-refractivity contribution in [3.8, 4) is 0 Å². The molecular formula is C17H12F3N3O3S3. The number of carbonyl (C=O) groups excluding carboxylic acids is 1. The number of benzene rings is 1. The van der Waals surface area contributed by atoms with Crippen LogP contribution in [0, 0.1) is 0 Å². The van der Waals surface area contributed by atoms with E-state index in [4.69, 9.17) is 17.4 Å². The second-order valence-corrected chi connectivity index (χ2v) is 9.17. The molecule has 0 saturated carbocycles. The highest BCUT2D eigenvalue weighted by atomic mass is 32.2. The Bertz CT molecular complexity index is 1100. The number of nitrogens with zero attached hydrogens (tertiary/aromatic N) is 2. The second kappa shape index (κ2) is 7.86. The number of alkyl halides is 3. The Hall–Kier alpha value is -2.28. The number of nitrogens with two attached hydrogens (primary N) is 1. The van der Waals surface area contributed by atoms with Crippen LogP contribution < -0.4 is 5.14 Å². The zero-order valence-corrected chi connectivity index (χ0v) is 16.8. The van der Waals surface area contributed by atoms with Gasteiger partial charge in [-0.1, -0.05) is 42.2 Å². The summed E-state index contributed by atoms with van der Waals surface area (Å²) < 4.78 is 60.6. The first-order valence-corrected chi connectivity index (χ1v) is 10.6. The molecular weight excluding hydrogens is 447 g/mol. The molecule has 0 radical (unpaired) electrons. The number of halogens is 3. The van der Waals surface area contributed by atoms with Gasteiger partial charge in [0, 0.05) is 6.20 Å². The number of hydrogen-bond acceptors (Lipinski definition) is 6. The number of aromatic nitrogens is 1. The second-order valence-electron chi connectivity index (χ2n) is 5.93. The Morgan fingerprint density at radius 3 is 2.34 bits per heavy atom. The van der Waals surface area contributed by atoms with Crippen LogP contribution in [0.25, 0.3) is 6.08 Å². The van der Waals surface area contributed by atoms with Crippen molar-refractivity contribution < 1.29 is 26.4 Å². The highest BCUT2D eigenvalue weighted by Crippen LogP contribution is 2.34. The number of carbonyl (C=O) groups is 1. The van der Waals surface area contributed by atoms with Crippen molar-refractivity contribution >= 4 is 50.3 Å². The van der Waals surface area contributed by atoms with Crippen molar-refractivity contribution in [3.63, 3.8) is 0 Å². The topological polar surface area (TPSA) is 93.4 Å². The average molecular weight is 459 g/mol. The van der Waals surface area contributed by atoms with E-state index < -0.39 is 27.8 Å². The molecule has 2 heterocycles. The lowest BCUT2D eigenvalue weighted by molar-refractivity contribution is -0.141. The molecule has 1 aromatic carbocycles. The Labute approximate surface area is 173 Å². The van der Waals surface area contributed by atoms with Gasteiger partial charge >= 0.3 is 6.18 Å². The minimum atomic E-state index is -4.54. The summed E-state index contributed by atoms with van der Waals surface area (Å²) in [5, 5.41) is 5.04. The third kappa shape index (κ3) is 5.01. The molecule has 0 spiro atoms. The maximum atomic E-state index is 12.6. The third-order valence-electron chi connectivity index (χ3n) is 3.84. The summed E-state index contributed by atoms with van der Waals surface area (Å²) in [5.74, 6) is -0.407. The summed E-state index contributed by atoms with van der Waals surface area (Å²) in [6.07, 6.45) is -1.95. The van der Waals surface area contributed by atoms with Gasteiger partial charge in [0.25, 0.3) is 5.91 Å². The summed E-state index contributed by atoms with van der Waals surface area (Å²) in [4.78, 5) is 17.5. The SMILES string of the molecule is NS(=O)(=O)c1ccc(/C=C2\SC(=S)N(Cc3ccc(C(F)(F)F)nc3)C2=O)cc1. The normalized spacial score (nSPS) is 16.7. The van der Waals surface area contributed by atoms with Crippen LogP contribution in [0.4, 0.5) is 13.2 Å². The molecule has 1 saturated heterocycles. The summed E-state index contributed by atoms with van der Waals surface area (Å²) in [5.41, 5.74) is -0.0587. The van der Waals surface area contributed by atoms with Gasteiger partial charge in [-0.05, 0) is 35.4 Å². The number of primary sulfonamides is 1. The zero-order chi connectivity index (χ0) is 21.4. The Morgan fingerprint density at radius 2 is 1.83 bits per heavy atom. The number of sulfonamides is 1. The minimum absolute atomic E-state index is 0.0164. The van der Waals surface area contributed by atoms with Crippen LogP contribution >= 0.6 is 24.0 Å². The fourth-order valence-electron chi connectivity index (χ4n) is 2.41. The van der Waals surface area contributed by atoms with Crippen LogP contribution in [-0.2, 0) is 27.5 Å². The fraction of sp³-hybridized carbons (Fsp3) is 0.118. The third-order valence-corrected chi connectivity index (χ3v) is 6.14. The number of rotatable bonds is 4. The lowest BCUT2D eigenvalue weighted by Crippen LogP contribution is -2.27. The smallest absolute Gasteiger partial charge is 0.288 e. The number of thioether (sulfide) groups is 1. The molecule has 1 aliphatic heterocycles. The first kappa shape index (κ1) is 21.4. The van der Waals surface area contributed by atoms with Gasteiger partial charge in [-0.3, -0.25) is 14.7 Å². The molecule has 3 rings (SSSR count). The Balaban J connectivity index is 1.76. The van der Waals surface area contributed by atoms with Crippen LogP contribution in [0.1, 0.15) is 16.8 Å². The summed E-state index contributed by atoms with van der Waals surface area (Å²) >= 11 is 6.23. The molecule has 1 aromatic heterocycles. The average Bonchev–Trinajstić information content (AvgIpc) is 2.88. The van der Waals surface area contributed by atoms with Gasteiger partial charge in [-0.25, -0.2) is 13.6 Å². The lowest BCUT2D eigenvalue weighted by Gasteiger charge is -2.14. The van der Waals surface area contributed by atoms with Crippen molar-refractivity contribution in [1.29, 1.82) is 0 Å². The highest BCUT2D eigenvalue weighted by Gasteiger charge is 2.34. The summed E-state index contributed by atoms with van der Waals surface area (Å²) in [6, 6.07) is 7.70. The van der Waals surface area contributed by atoms with Crippen molar-refractivity contribution in [2.75, 3.05) is 0 Å². The van der Waals surface area contributed by atoms with E-state index in [1.165, 1.54) is 41.3 Å². The molecule has 152 valence electrons. The summed E-state index contributed by atoms with van der Waals surface area (Å²) in [6.45, 7) is -0.0164. The van der Waals surface area contributed by atoms with Gasteiger partial charge in [0.05, 0.1) is 16.3 Å². The molecule has 0 atom stereocenters. The molecule has 2 aromatic rings. The number of amides is 1. The molecule has 0 unspecified atom stereocenters. The van der Waals surface area contributed by atoms with Crippen molar-refractivity contribution in [2.24, 2.45) is 5.14 Å². The van der Waals surface area contributed by atoms with Gasteiger partial charge < -0.3 is 0 Å². The van der Waals surface area contributed by atoms with Gasteiger partial charge in [0.1, 0.15) is 10.0 Å². The van der Waals surface area contributed by atoms with E-state index in [1.54, 1.807) is 0 Å². The quantitative estimate of drug-likeness (QED) is 0.558. The van der Waals surface area contributed by atoms with Gasteiger partial charge in [0.2, 0.25) is 10.0 Å². The van der Waals surface area contributed by atoms with E-state index in [0.29, 0.717) is 16.0 Å². The predicted octanol–water partition coefficient (Wildman–Crippen LogP) is 3.15. The Kier molecular flexibility index (Phi) is 5.81. The van der Waals surface area contributed by atoms with E-state index in [9.17, 15) is 26.4 Å². The molecule has 0 bridgehead atoms. The molecule has 0 aliphatic carbocycles. The Morgan fingerprint density at radius 1 is 1.17 bits per heavy atom. The maximum absolute atomic E-state index is 12.6. The molecule has 1 amide bonds. The van der Waals surface area contributed by atoms with Crippen molar-refractivity contribution in [3.05, 3.63) is 64.3 Å². The number of pyridine rings is 1. The van der Waals surface area contributed by atoms with E-state index >= 15 is 0 Å². The molecule has 2 N–H and O–H groups in total. The predicted molar refractivity (Wildman–Crippen MR) is 106 cm³/mol. The van der Waals surface area contributed by atoms with Gasteiger partial charge in [0.15, 0.2) is 0 Å². The molecule has 1 aliphatic rings. The monoisotopic (exact) mass is 459 g/mol. The maximum Gasteiger partial charge on any atom is 0.433 e. The molecule has 6 nitrogen and oxygen atoms in total. The van der Waals surface area contributed by atoms with Crippen LogP contribution in [-0.4, -0.2) is 28.5 Å². The van der Waals surface area contributed by atoms with Crippen LogP contribution in [0.3, 0.4) is 0 Å². The highest BCUT2D eigenvalue weighted by molar-refractivity contribution is 8.26. The zero-order valence-electron chi connectivity index (χ0n) is 14.4. The van der Waals surface area contributed by atoms with Crippen LogP contribution in [0.15, 0.2) is 52.4 Å². The molecule has 1 fully saturated rings. The van der Waals surface area contributed by atoms with Gasteiger partial charge in [-0.15, -0.1) is 0 Å². The van der Waals surface area contributed by atoms with Crippen molar-refractivity contribution in [1.82, 2.24) is 9.88 Å². The molecule has 29 heavy (non-hydrogen) atoms. The van der Waals surface area contributed by atoms with Crippen molar-refractivity contribution in [2.45, 2.75) is 17.6 Å². The standard InChI is InChI=1S/C17H12F3N3O3S3/c18-17(19,20)14-6-3-11(8-22-14)9-23-15(24)13(28-16(23)27)7-10-1-4-12(5-2-10)29(21,25)26/h1-8H,9H2,(H2,21,25,26)/b13-7-. The first-order chi connectivity index (χ1) is 13.4. The first-order valence-electron chi connectivity index (χ1n) is 7.85. The number of thiocarbonyl (C=S) groups is 1. The van der Waals surface area contributed by atoms with Crippen LogP contribution in [0.2, 0.25) is 0 Å².